The summed E-state index contributed by atoms with van der Waals surface area (Å²) in [4.78, 5) is 28.6. The van der Waals surface area contributed by atoms with Crippen molar-refractivity contribution >= 4 is 18.0 Å². The van der Waals surface area contributed by atoms with Crippen molar-refractivity contribution in [2.24, 2.45) is 0 Å². The van der Waals surface area contributed by atoms with E-state index in [1.807, 2.05) is 0 Å². The lowest BCUT2D eigenvalue weighted by Gasteiger charge is -1.96. The molecular weight excluding hydrogens is 200 g/mol. The molecule has 7 nitrogen and oxygen atoms in total. The van der Waals surface area contributed by atoms with Gasteiger partial charge in [0.1, 0.15) is 5.69 Å². The maximum absolute atomic E-state index is 10.6. The van der Waals surface area contributed by atoms with Crippen LogP contribution in [0.2, 0.25) is 0 Å². The summed E-state index contributed by atoms with van der Waals surface area (Å²) >= 11 is 0. The first-order chi connectivity index (χ1) is 7.11. The number of carbonyl (C=O) groups is 2. The number of carbonyl (C=O) groups excluding carboxylic acids is 1. The number of rotatable bonds is 2. The average molecular weight is 206 g/mol. The number of aromatic carboxylic acids is 1. The van der Waals surface area contributed by atoms with E-state index in [0.717, 1.165) is 0 Å². The van der Waals surface area contributed by atoms with E-state index in [4.69, 9.17) is 5.11 Å². The molecule has 0 bridgehead atoms. The first-order valence-corrected chi connectivity index (χ1v) is 4.04. The zero-order valence-electron chi connectivity index (χ0n) is 7.71. The van der Waals surface area contributed by atoms with Crippen molar-refractivity contribution in [3.05, 3.63) is 23.3 Å². The van der Waals surface area contributed by atoms with Crippen LogP contribution in [0.1, 0.15) is 26.8 Å². The van der Waals surface area contributed by atoms with Gasteiger partial charge in [0.25, 0.3) is 11.6 Å². The lowest BCUT2D eigenvalue weighted by atomic mass is 10.3. The molecule has 0 aliphatic carbocycles. The molecule has 7 heteroatoms. The fraction of sp³-hybridized carbons (Fsp3) is 0.125. The van der Waals surface area contributed by atoms with Crippen LogP contribution in [0.3, 0.4) is 0 Å². The molecule has 0 saturated carbocycles. The van der Waals surface area contributed by atoms with Gasteiger partial charge < -0.3 is 5.11 Å². The van der Waals surface area contributed by atoms with Crippen LogP contribution in [0.5, 0.6) is 0 Å². The first kappa shape index (κ1) is 9.25. The van der Waals surface area contributed by atoms with E-state index < -0.39 is 5.97 Å². The molecule has 2 heterocycles. The van der Waals surface area contributed by atoms with E-state index in [1.54, 1.807) is 6.92 Å². The standard InChI is InChI=1S/C8H6N4O3/c1-4-2-5(3-13)9-8-10-6(7(14)15)11-12(4)8/h2-3H,1H3,(H,14,15). The molecule has 0 saturated heterocycles. The predicted octanol–water partition coefficient (Wildman–Crippen LogP) is -0.0566. The van der Waals surface area contributed by atoms with Crippen molar-refractivity contribution in [3.8, 4) is 0 Å². The summed E-state index contributed by atoms with van der Waals surface area (Å²) in [6.45, 7) is 1.68. The van der Waals surface area contributed by atoms with Gasteiger partial charge in [-0.25, -0.2) is 14.3 Å². The quantitative estimate of drug-likeness (QED) is 0.691. The Balaban J connectivity index is 2.75. The van der Waals surface area contributed by atoms with Crippen molar-refractivity contribution < 1.29 is 14.7 Å². The van der Waals surface area contributed by atoms with Gasteiger partial charge in [-0.15, -0.1) is 5.10 Å². The highest BCUT2D eigenvalue weighted by Gasteiger charge is 2.13. The van der Waals surface area contributed by atoms with Crippen molar-refractivity contribution in [2.45, 2.75) is 6.92 Å². The summed E-state index contributed by atoms with van der Waals surface area (Å²) in [5, 5.41) is 12.4. The summed E-state index contributed by atoms with van der Waals surface area (Å²) in [7, 11) is 0. The number of aryl methyl sites for hydroxylation is 1. The molecule has 2 aromatic heterocycles. The van der Waals surface area contributed by atoms with E-state index in [2.05, 4.69) is 15.1 Å². The summed E-state index contributed by atoms with van der Waals surface area (Å²) in [5.41, 5.74) is 0.798. The molecule has 0 atom stereocenters. The molecule has 15 heavy (non-hydrogen) atoms. The topological polar surface area (TPSA) is 97.5 Å². The molecule has 0 amide bonds. The molecule has 1 N–H and O–H groups in total. The van der Waals surface area contributed by atoms with Crippen LogP contribution in [-0.2, 0) is 0 Å². The third-order valence-corrected chi connectivity index (χ3v) is 1.82. The fourth-order valence-electron chi connectivity index (χ4n) is 1.19. The molecule has 0 spiro atoms. The van der Waals surface area contributed by atoms with Gasteiger partial charge in [-0.1, -0.05) is 0 Å². The van der Waals surface area contributed by atoms with Crippen LogP contribution in [0, 0.1) is 6.92 Å². The van der Waals surface area contributed by atoms with E-state index >= 15 is 0 Å². The molecule has 0 aromatic carbocycles. The van der Waals surface area contributed by atoms with Gasteiger partial charge in [0.15, 0.2) is 6.29 Å². The maximum atomic E-state index is 10.6. The SMILES string of the molecule is Cc1cc(C=O)nc2nc(C(=O)O)nn12. The van der Waals surface area contributed by atoms with Gasteiger partial charge in [0, 0.05) is 5.69 Å². The van der Waals surface area contributed by atoms with Crippen molar-refractivity contribution in [1.82, 2.24) is 19.6 Å². The van der Waals surface area contributed by atoms with Gasteiger partial charge in [0.2, 0.25) is 0 Å². The minimum atomic E-state index is -1.23. The Hall–Kier alpha value is -2.31. The highest BCUT2D eigenvalue weighted by Crippen LogP contribution is 2.04. The highest BCUT2D eigenvalue weighted by molar-refractivity contribution is 5.83. The predicted molar refractivity (Wildman–Crippen MR) is 47.9 cm³/mol. The lowest BCUT2D eigenvalue weighted by molar-refractivity contribution is 0.0683. The molecule has 0 unspecified atom stereocenters. The summed E-state index contributed by atoms with van der Waals surface area (Å²) in [6, 6.07) is 1.50. The minimum Gasteiger partial charge on any atom is -0.475 e. The van der Waals surface area contributed by atoms with Crippen molar-refractivity contribution in [3.63, 3.8) is 0 Å². The van der Waals surface area contributed by atoms with Crippen LogP contribution in [0.15, 0.2) is 6.07 Å². The van der Waals surface area contributed by atoms with Crippen LogP contribution in [0.4, 0.5) is 0 Å². The molecule has 0 aliphatic heterocycles. The summed E-state index contributed by atoms with van der Waals surface area (Å²) in [6.07, 6.45) is 0.572. The average Bonchev–Trinajstić information content (AvgIpc) is 2.61. The van der Waals surface area contributed by atoms with Crippen LogP contribution in [-0.4, -0.2) is 36.9 Å². The van der Waals surface area contributed by atoms with Crippen LogP contribution >= 0.6 is 0 Å². The molecule has 76 valence electrons. The van der Waals surface area contributed by atoms with Crippen molar-refractivity contribution in [1.29, 1.82) is 0 Å². The Bertz CT molecular complexity index is 560. The zero-order chi connectivity index (χ0) is 11.0. The van der Waals surface area contributed by atoms with Gasteiger partial charge >= 0.3 is 5.97 Å². The molecule has 0 radical (unpaired) electrons. The third kappa shape index (κ3) is 1.43. The van der Waals surface area contributed by atoms with E-state index in [-0.39, 0.29) is 17.3 Å². The van der Waals surface area contributed by atoms with Crippen molar-refractivity contribution in [2.75, 3.05) is 0 Å². The molecule has 0 fully saturated rings. The number of carboxylic acids is 1. The number of aromatic nitrogens is 4. The smallest absolute Gasteiger partial charge is 0.375 e. The second kappa shape index (κ2) is 3.12. The van der Waals surface area contributed by atoms with E-state index in [9.17, 15) is 9.59 Å². The monoisotopic (exact) mass is 206 g/mol. The molecule has 2 aromatic rings. The number of aldehydes is 1. The Morgan fingerprint density at radius 3 is 2.87 bits per heavy atom. The maximum Gasteiger partial charge on any atom is 0.375 e. The Morgan fingerprint density at radius 2 is 2.27 bits per heavy atom. The highest BCUT2D eigenvalue weighted by atomic mass is 16.4. The van der Waals surface area contributed by atoms with Crippen LogP contribution in [0.25, 0.3) is 5.78 Å². The Kier molecular flexibility index (Phi) is 1.93. The molecule has 0 aliphatic rings. The zero-order valence-corrected chi connectivity index (χ0v) is 7.71. The number of hydrogen-bond donors (Lipinski definition) is 1. The lowest BCUT2D eigenvalue weighted by Crippen LogP contribution is -2.01. The van der Waals surface area contributed by atoms with Gasteiger partial charge in [-0.3, -0.25) is 4.79 Å². The van der Waals surface area contributed by atoms with Crippen LogP contribution < -0.4 is 0 Å². The number of fused-ring (bicyclic) bond motifs is 1. The summed E-state index contributed by atoms with van der Waals surface area (Å²) in [5.74, 6) is -1.46. The van der Waals surface area contributed by atoms with Gasteiger partial charge in [0.05, 0.1) is 0 Å². The number of nitrogens with zero attached hydrogens (tertiary/aromatic N) is 4. The van der Waals surface area contributed by atoms with Gasteiger partial charge in [-0.05, 0) is 13.0 Å². The minimum absolute atomic E-state index is 0.106. The van der Waals surface area contributed by atoms with E-state index in [0.29, 0.717) is 12.0 Å². The Morgan fingerprint density at radius 1 is 1.53 bits per heavy atom. The third-order valence-electron chi connectivity index (χ3n) is 1.82. The first-order valence-electron chi connectivity index (χ1n) is 4.04. The molecule has 2 rings (SSSR count). The molecular formula is C8H6N4O3. The summed E-state index contributed by atoms with van der Waals surface area (Å²) < 4.78 is 1.27. The fourth-order valence-corrected chi connectivity index (χ4v) is 1.19. The second-order valence-corrected chi connectivity index (χ2v) is 2.89. The van der Waals surface area contributed by atoms with Gasteiger partial charge in [-0.2, -0.15) is 4.98 Å². The number of carboxylic acid groups (broad SMARTS) is 1. The normalized spacial score (nSPS) is 10.5. The largest absolute Gasteiger partial charge is 0.475 e. The number of hydrogen-bond acceptors (Lipinski definition) is 5. The Labute approximate surface area is 83.4 Å². The van der Waals surface area contributed by atoms with E-state index in [1.165, 1.54) is 10.6 Å². The second-order valence-electron chi connectivity index (χ2n) is 2.89.